The van der Waals surface area contributed by atoms with Crippen LogP contribution in [0.5, 0.6) is 0 Å². The minimum Gasteiger partial charge on any atom is -0.330 e. The predicted octanol–water partition coefficient (Wildman–Crippen LogP) is 1.62. The van der Waals surface area contributed by atoms with Crippen molar-refractivity contribution in [3.05, 3.63) is 35.9 Å². The van der Waals surface area contributed by atoms with Crippen molar-refractivity contribution in [3.63, 3.8) is 0 Å². The Morgan fingerprint density at radius 3 is 2.31 bits per heavy atom. The molecule has 0 bridgehead atoms. The van der Waals surface area contributed by atoms with Crippen LogP contribution in [0.3, 0.4) is 0 Å². The van der Waals surface area contributed by atoms with Gasteiger partial charge in [-0.25, -0.2) is 0 Å². The van der Waals surface area contributed by atoms with Gasteiger partial charge >= 0.3 is 0 Å². The Morgan fingerprint density at radius 2 is 1.81 bits per heavy atom. The SMILES string of the molecule is CC1(C)C(=O)CN(Cc2ccccc2)C1=O. The highest BCUT2D eigenvalue weighted by molar-refractivity contribution is 6.11. The Bertz CT molecular complexity index is 423. The van der Waals surface area contributed by atoms with Crippen LogP contribution in [0.15, 0.2) is 30.3 Å². The minimum absolute atomic E-state index is 0.00781. The van der Waals surface area contributed by atoms with E-state index in [0.717, 1.165) is 5.56 Å². The molecule has 0 aliphatic carbocycles. The molecule has 1 saturated heterocycles. The molecule has 1 aromatic carbocycles. The molecule has 0 spiro atoms. The second-order valence-electron chi connectivity index (χ2n) is 4.69. The fourth-order valence-corrected chi connectivity index (χ4v) is 1.89. The van der Waals surface area contributed by atoms with Gasteiger partial charge in [0.2, 0.25) is 5.91 Å². The van der Waals surface area contributed by atoms with Gasteiger partial charge in [-0.05, 0) is 19.4 Å². The maximum Gasteiger partial charge on any atom is 0.236 e. The molecule has 0 unspecified atom stereocenters. The van der Waals surface area contributed by atoms with E-state index in [1.165, 1.54) is 0 Å². The lowest BCUT2D eigenvalue weighted by atomic mass is 9.91. The number of carbonyl (C=O) groups is 2. The Kier molecular flexibility index (Phi) is 2.54. The summed E-state index contributed by atoms with van der Waals surface area (Å²) < 4.78 is 0. The van der Waals surface area contributed by atoms with Crippen LogP contribution < -0.4 is 0 Å². The molecule has 3 nitrogen and oxygen atoms in total. The summed E-state index contributed by atoms with van der Waals surface area (Å²) in [5.74, 6) is -0.0604. The Hall–Kier alpha value is -1.64. The molecule has 1 aliphatic rings. The van der Waals surface area contributed by atoms with Crippen molar-refractivity contribution >= 4 is 11.7 Å². The number of nitrogens with zero attached hydrogens (tertiary/aromatic N) is 1. The van der Waals surface area contributed by atoms with E-state index in [0.29, 0.717) is 6.54 Å². The van der Waals surface area contributed by atoms with Crippen molar-refractivity contribution in [1.82, 2.24) is 4.90 Å². The first-order valence-corrected chi connectivity index (χ1v) is 5.38. The highest BCUT2D eigenvalue weighted by Gasteiger charge is 2.45. The predicted molar refractivity (Wildman–Crippen MR) is 60.6 cm³/mol. The van der Waals surface area contributed by atoms with Crippen LogP contribution in [0, 0.1) is 5.41 Å². The summed E-state index contributed by atoms with van der Waals surface area (Å²) in [6, 6.07) is 9.72. The Balaban J connectivity index is 2.14. The van der Waals surface area contributed by atoms with Crippen LogP contribution in [0.2, 0.25) is 0 Å². The fourth-order valence-electron chi connectivity index (χ4n) is 1.89. The standard InChI is InChI=1S/C13H15NO2/c1-13(2)11(15)9-14(12(13)16)8-10-6-4-3-5-7-10/h3-7H,8-9H2,1-2H3. The summed E-state index contributed by atoms with van der Waals surface area (Å²) in [5, 5.41) is 0. The summed E-state index contributed by atoms with van der Waals surface area (Å²) in [4.78, 5) is 25.2. The van der Waals surface area contributed by atoms with Gasteiger partial charge in [0.05, 0.1) is 6.54 Å². The lowest BCUT2D eigenvalue weighted by Gasteiger charge is -2.17. The maximum atomic E-state index is 11.9. The number of rotatable bonds is 2. The molecule has 1 aromatic rings. The first-order valence-electron chi connectivity index (χ1n) is 5.38. The minimum atomic E-state index is -0.839. The number of carbonyl (C=O) groups excluding carboxylic acids is 2. The number of likely N-dealkylation sites (tertiary alicyclic amines) is 1. The number of ketones is 1. The molecule has 0 radical (unpaired) electrons. The van der Waals surface area contributed by atoms with Gasteiger partial charge in [0, 0.05) is 6.54 Å². The second-order valence-corrected chi connectivity index (χ2v) is 4.69. The van der Waals surface area contributed by atoms with Crippen molar-refractivity contribution in [2.24, 2.45) is 5.41 Å². The molecule has 0 saturated carbocycles. The van der Waals surface area contributed by atoms with Gasteiger partial charge in [0.25, 0.3) is 0 Å². The zero-order valence-electron chi connectivity index (χ0n) is 9.56. The van der Waals surface area contributed by atoms with E-state index in [2.05, 4.69) is 0 Å². The zero-order chi connectivity index (χ0) is 11.8. The quantitative estimate of drug-likeness (QED) is 0.706. The molecule has 2 rings (SSSR count). The normalized spacial score (nSPS) is 19.2. The van der Waals surface area contributed by atoms with Crippen molar-refractivity contribution in [2.75, 3.05) is 6.54 Å². The molecule has 1 heterocycles. The molecule has 0 aromatic heterocycles. The van der Waals surface area contributed by atoms with E-state index in [-0.39, 0.29) is 18.2 Å². The summed E-state index contributed by atoms with van der Waals surface area (Å²) in [6.07, 6.45) is 0. The molecule has 84 valence electrons. The molecular formula is C13H15NO2. The smallest absolute Gasteiger partial charge is 0.236 e. The second kappa shape index (κ2) is 3.74. The van der Waals surface area contributed by atoms with Gasteiger partial charge < -0.3 is 4.90 Å². The number of Topliss-reactive ketones (excluding diaryl/α,β-unsaturated/α-hetero) is 1. The lowest BCUT2D eigenvalue weighted by Crippen LogP contribution is -2.31. The van der Waals surface area contributed by atoms with Crippen molar-refractivity contribution in [1.29, 1.82) is 0 Å². The van der Waals surface area contributed by atoms with E-state index >= 15 is 0 Å². The average Bonchev–Trinajstić information content (AvgIpc) is 2.45. The molecule has 0 N–H and O–H groups in total. The third kappa shape index (κ3) is 1.73. The molecule has 1 fully saturated rings. The van der Waals surface area contributed by atoms with E-state index in [4.69, 9.17) is 0 Å². The van der Waals surface area contributed by atoms with Crippen LogP contribution >= 0.6 is 0 Å². The summed E-state index contributed by atoms with van der Waals surface area (Å²) in [5.41, 5.74) is 0.218. The number of amides is 1. The van der Waals surface area contributed by atoms with Crippen LogP contribution in [-0.2, 0) is 16.1 Å². The Labute approximate surface area is 95.1 Å². The number of benzene rings is 1. The Morgan fingerprint density at radius 1 is 1.19 bits per heavy atom. The highest BCUT2D eigenvalue weighted by Crippen LogP contribution is 2.28. The van der Waals surface area contributed by atoms with Crippen LogP contribution in [0.1, 0.15) is 19.4 Å². The van der Waals surface area contributed by atoms with Crippen molar-refractivity contribution < 1.29 is 9.59 Å². The average molecular weight is 217 g/mol. The number of hydrogen-bond donors (Lipinski definition) is 0. The first-order chi connectivity index (χ1) is 7.51. The molecule has 0 atom stereocenters. The van der Waals surface area contributed by atoms with Gasteiger partial charge in [-0.1, -0.05) is 30.3 Å². The molecular weight excluding hydrogens is 202 g/mol. The third-order valence-electron chi connectivity index (χ3n) is 3.07. The summed E-state index contributed by atoms with van der Waals surface area (Å²) in [7, 11) is 0. The maximum absolute atomic E-state index is 11.9. The fraction of sp³-hybridized carbons (Fsp3) is 0.385. The van der Waals surface area contributed by atoms with Crippen LogP contribution in [-0.4, -0.2) is 23.1 Å². The van der Waals surface area contributed by atoms with Gasteiger partial charge in [0.15, 0.2) is 5.78 Å². The lowest BCUT2D eigenvalue weighted by molar-refractivity contribution is -0.137. The van der Waals surface area contributed by atoms with E-state index < -0.39 is 5.41 Å². The van der Waals surface area contributed by atoms with E-state index in [1.54, 1.807) is 18.7 Å². The summed E-state index contributed by atoms with van der Waals surface area (Å²) >= 11 is 0. The van der Waals surface area contributed by atoms with E-state index in [1.807, 2.05) is 30.3 Å². The molecule has 1 aliphatic heterocycles. The molecule has 16 heavy (non-hydrogen) atoms. The zero-order valence-corrected chi connectivity index (χ0v) is 9.56. The van der Waals surface area contributed by atoms with Crippen molar-refractivity contribution in [2.45, 2.75) is 20.4 Å². The van der Waals surface area contributed by atoms with Crippen LogP contribution in [0.25, 0.3) is 0 Å². The first kappa shape index (κ1) is 10.9. The van der Waals surface area contributed by atoms with Gasteiger partial charge in [-0.15, -0.1) is 0 Å². The third-order valence-corrected chi connectivity index (χ3v) is 3.07. The highest BCUT2D eigenvalue weighted by atomic mass is 16.2. The van der Waals surface area contributed by atoms with E-state index in [9.17, 15) is 9.59 Å². The summed E-state index contributed by atoms with van der Waals surface area (Å²) in [6.45, 7) is 4.15. The number of hydrogen-bond acceptors (Lipinski definition) is 2. The van der Waals surface area contributed by atoms with Gasteiger partial charge in [-0.2, -0.15) is 0 Å². The van der Waals surface area contributed by atoms with Crippen LogP contribution in [0.4, 0.5) is 0 Å². The topological polar surface area (TPSA) is 37.4 Å². The monoisotopic (exact) mass is 217 g/mol. The van der Waals surface area contributed by atoms with Gasteiger partial charge in [0.1, 0.15) is 5.41 Å². The van der Waals surface area contributed by atoms with Crippen molar-refractivity contribution in [3.8, 4) is 0 Å². The largest absolute Gasteiger partial charge is 0.330 e. The van der Waals surface area contributed by atoms with Gasteiger partial charge in [-0.3, -0.25) is 9.59 Å². The molecule has 3 heteroatoms. The molecule has 1 amide bonds.